The Morgan fingerprint density at radius 1 is 0.879 bits per heavy atom. The summed E-state index contributed by atoms with van der Waals surface area (Å²) in [5.41, 5.74) is 2.99. The number of halogens is 3. The van der Waals surface area contributed by atoms with Gasteiger partial charge in [-0.1, -0.05) is 55.8 Å². The molecule has 3 nitrogen and oxygen atoms in total. The standard InChI is InChI=1S/C26H22F3NO2S/c1-3-7-20-16-30-25-22(12-6-13-23(25)26(27,28)29)24(20)19-10-4-8-17(14-19)18-9-5-11-21(15-18)33(2,31)32/h4-6,8-16H,3,7H2,1-2H3. The molecular formula is C26H22F3NO2S. The molecule has 0 spiro atoms. The SMILES string of the molecule is CCCc1cnc2c(C(F)(F)F)cccc2c1-c1cccc(-c2cccc(S(C)(=O)=O)c2)c1. The van der Waals surface area contributed by atoms with Crippen LogP contribution in [0.25, 0.3) is 33.2 Å². The van der Waals surface area contributed by atoms with Gasteiger partial charge in [0.25, 0.3) is 0 Å². The minimum Gasteiger partial charge on any atom is -0.255 e. The Kier molecular flexibility index (Phi) is 6.01. The number of sulfone groups is 1. The lowest BCUT2D eigenvalue weighted by molar-refractivity contribution is -0.136. The molecule has 0 fully saturated rings. The molecule has 1 aromatic heterocycles. The fourth-order valence-electron chi connectivity index (χ4n) is 4.05. The van der Waals surface area contributed by atoms with Crippen LogP contribution in [-0.2, 0) is 22.4 Å². The molecule has 4 rings (SSSR count). The Hall–Kier alpha value is -3.19. The molecule has 0 radical (unpaired) electrons. The molecular weight excluding hydrogens is 447 g/mol. The van der Waals surface area contributed by atoms with Crippen LogP contribution in [0.4, 0.5) is 13.2 Å². The zero-order valence-corrected chi connectivity index (χ0v) is 19.0. The van der Waals surface area contributed by atoms with E-state index < -0.39 is 21.6 Å². The van der Waals surface area contributed by atoms with E-state index in [4.69, 9.17) is 0 Å². The molecule has 4 aromatic rings. The van der Waals surface area contributed by atoms with E-state index in [1.807, 2.05) is 37.3 Å². The second kappa shape index (κ2) is 8.63. The quantitative estimate of drug-likeness (QED) is 0.318. The number of hydrogen-bond acceptors (Lipinski definition) is 3. The Labute approximate surface area is 190 Å². The van der Waals surface area contributed by atoms with Gasteiger partial charge in [0.15, 0.2) is 9.84 Å². The third-order valence-electron chi connectivity index (χ3n) is 5.55. The minimum atomic E-state index is -4.51. The normalized spacial score (nSPS) is 12.3. The van der Waals surface area contributed by atoms with Gasteiger partial charge in [0.2, 0.25) is 0 Å². The van der Waals surface area contributed by atoms with Gasteiger partial charge in [-0.3, -0.25) is 4.98 Å². The van der Waals surface area contributed by atoms with Crippen LogP contribution in [0.3, 0.4) is 0 Å². The van der Waals surface area contributed by atoms with E-state index in [1.165, 1.54) is 18.3 Å². The van der Waals surface area contributed by atoms with Crippen LogP contribution in [0.5, 0.6) is 0 Å². The number of aromatic nitrogens is 1. The highest BCUT2D eigenvalue weighted by atomic mass is 32.2. The van der Waals surface area contributed by atoms with Gasteiger partial charge in [-0.2, -0.15) is 13.2 Å². The Bertz CT molecular complexity index is 1440. The number of rotatable bonds is 5. The number of aryl methyl sites for hydroxylation is 1. The third kappa shape index (κ3) is 4.64. The van der Waals surface area contributed by atoms with Gasteiger partial charge in [0.05, 0.1) is 16.0 Å². The van der Waals surface area contributed by atoms with Crippen LogP contribution in [-0.4, -0.2) is 19.7 Å². The lowest BCUT2D eigenvalue weighted by Crippen LogP contribution is -2.07. The molecule has 7 heteroatoms. The molecule has 0 bridgehead atoms. The van der Waals surface area contributed by atoms with Crippen LogP contribution < -0.4 is 0 Å². The molecule has 3 aromatic carbocycles. The molecule has 0 saturated carbocycles. The fraction of sp³-hybridized carbons (Fsp3) is 0.192. The van der Waals surface area contributed by atoms with Crippen molar-refractivity contribution in [3.63, 3.8) is 0 Å². The first-order valence-corrected chi connectivity index (χ1v) is 12.4. The summed E-state index contributed by atoms with van der Waals surface area (Å²) >= 11 is 0. The van der Waals surface area contributed by atoms with E-state index in [-0.39, 0.29) is 10.4 Å². The lowest BCUT2D eigenvalue weighted by Gasteiger charge is -2.16. The average Bonchev–Trinajstić information content (AvgIpc) is 2.77. The topological polar surface area (TPSA) is 47.0 Å². The summed E-state index contributed by atoms with van der Waals surface area (Å²) in [4.78, 5) is 4.39. The van der Waals surface area contributed by atoms with E-state index in [2.05, 4.69) is 4.98 Å². The summed E-state index contributed by atoms with van der Waals surface area (Å²) < 4.78 is 64.9. The summed E-state index contributed by atoms with van der Waals surface area (Å²) in [5, 5.41) is 0.442. The number of para-hydroxylation sites is 1. The van der Waals surface area contributed by atoms with Crippen molar-refractivity contribution in [2.24, 2.45) is 0 Å². The van der Waals surface area contributed by atoms with Crippen molar-refractivity contribution in [1.82, 2.24) is 4.98 Å². The molecule has 33 heavy (non-hydrogen) atoms. The number of benzene rings is 3. The maximum Gasteiger partial charge on any atom is 0.418 e. The van der Waals surface area contributed by atoms with Gasteiger partial charge >= 0.3 is 6.18 Å². The number of nitrogens with zero attached hydrogens (tertiary/aromatic N) is 1. The summed E-state index contributed by atoms with van der Waals surface area (Å²) in [6.45, 7) is 2.01. The molecule has 0 aliphatic carbocycles. The number of fused-ring (bicyclic) bond motifs is 1. The van der Waals surface area contributed by atoms with Crippen molar-refractivity contribution >= 4 is 20.7 Å². The van der Waals surface area contributed by atoms with E-state index >= 15 is 0 Å². The second-order valence-corrected chi connectivity index (χ2v) is 10.0. The zero-order chi connectivity index (χ0) is 23.8. The van der Waals surface area contributed by atoms with E-state index in [1.54, 1.807) is 18.2 Å². The molecule has 1 heterocycles. The van der Waals surface area contributed by atoms with Gasteiger partial charge in [-0.15, -0.1) is 0 Å². The third-order valence-corrected chi connectivity index (χ3v) is 6.66. The summed E-state index contributed by atoms with van der Waals surface area (Å²) in [6, 6.07) is 18.2. The van der Waals surface area contributed by atoms with Crippen molar-refractivity contribution in [2.75, 3.05) is 6.26 Å². The van der Waals surface area contributed by atoms with Gasteiger partial charge in [0.1, 0.15) is 0 Å². The smallest absolute Gasteiger partial charge is 0.255 e. The summed E-state index contributed by atoms with van der Waals surface area (Å²) in [5.74, 6) is 0. The van der Waals surface area contributed by atoms with Crippen molar-refractivity contribution in [2.45, 2.75) is 30.8 Å². The van der Waals surface area contributed by atoms with Crippen LogP contribution in [0.2, 0.25) is 0 Å². The van der Waals surface area contributed by atoms with E-state index in [0.29, 0.717) is 22.9 Å². The fourth-order valence-corrected chi connectivity index (χ4v) is 4.72. The number of pyridine rings is 1. The molecule has 0 saturated heterocycles. The van der Waals surface area contributed by atoms with Crippen molar-refractivity contribution < 1.29 is 21.6 Å². The van der Waals surface area contributed by atoms with Crippen molar-refractivity contribution in [1.29, 1.82) is 0 Å². The molecule has 0 aliphatic rings. The van der Waals surface area contributed by atoms with Gasteiger partial charge < -0.3 is 0 Å². The zero-order valence-electron chi connectivity index (χ0n) is 18.1. The predicted molar refractivity (Wildman–Crippen MR) is 125 cm³/mol. The molecule has 0 N–H and O–H groups in total. The first kappa shape index (κ1) is 23.0. The minimum absolute atomic E-state index is 0.0793. The Morgan fingerprint density at radius 2 is 1.52 bits per heavy atom. The summed E-state index contributed by atoms with van der Waals surface area (Å²) in [7, 11) is -3.37. The Morgan fingerprint density at radius 3 is 2.18 bits per heavy atom. The van der Waals surface area contributed by atoms with Gasteiger partial charge in [-0.05, 0) is 58.5 Å². The van der Waals surface area contributed by atoms with Crippen LogP contribution >= 0.6 is 0 Å². The highest BCUT2D eigenvalue weighted by molar-refractivity contribution is 7.90. The van der Waals surface area contributed by atoms with Crippen molar-refractivity contribution in [3.05, 3.63) is 84.1 Å². The van der Waals surface area contributed by atoms with Crippen LogP contribution in [0, 0.1) is 0 Å². The summed E-state index contributed by atoms with van der Waals surface area (Å²) in [6.07, 6.45) is -0.337. The molecule has 0 unspecified atom stereocenters. The highest BCUT2D eigenvalue weighted by Gasteiger charge is 2.33. The second-order valence-electron chi connectivity index (χ2n) is 7.99. The maximum atomic E-state index is 13.6. The molecule has 0 aliphatic heterocycles. The predicted octanol–water partition coefficient (Wildman–Crippen LogP) is 6.94. The first-order valence-electron chi connectivity index (χ1n) is 10.5. The van der Waals surface area contributed by atoms with Crippen molar-refractivity contribution in [3.8, 4) is 22.3 Å². The highest BCUT2D eigenvalue weighted by Crippen LogP contribution is 2.39. The molecule has 170 valence electrons. The number of alkyl halides is 3. The monoisotopic (exact) mass is 469 g/mol. The molecule has 0 atom stereocenters. The first-order chi connectivity index (χ1) is 15.6. The maximum absolute atomic E-state index is 13.6. The van der Waals surface area contributed by atoms with Crippen LogP contribution in [0.15, 0.2) is 77.8 Å². The van der Waals surface area contributed by atoms with E-state index in [9.17, 15) is 21.6 Å². The van der Waals surface area contributed by atoms with Gasteiger partial charge in [-0.25, -0.2) is 8.42 Å². The lowest BCUT2D eigenvalue weighted by atomic mass is 9.91. The Balaban J connectivity index is 1.95. The number of hydrogen-bond donors (Lipinski definition) is 0. The van der Waals surface area contributed by atoms with Crippen LogP contribution in [0.1, 0.15) is 24.5 Å². The average molecular weight is 470 g/mol. The largest absolute Gasteiger partial charge is 0.418 e. The molecule has 0 amide bonds. The van der Waals surface area contributed by atoms with E-state index in [0.717, 1.165) is 35.4 Å². The van der Waals surface area contributed by atoms with Gasteiger partial charge in [0, 0.05) is 17.8 Å².